The Morgan fingerprint density at radius 3 is 2.45 bits per heavy atom. The van der Waals surface area contributed by atoms with Crippen molar-refractivity contribution >= 4 is 21.6 Å². The Hall–Kier alpha value is -1.15. The molecule has 0 aromatic heterocycles. The van der Waals surface area contributed by atoms with Gasteiger partial charge in [-0.2, -0.15) is 13.2 Å². The van der Waals surface area contributed by atoms with Gasteiger partial charge in [0.15, 0.2) is 0 Å². The Balaban J connectivity index is 2.94. The number of hydrogen-bond donors (Lipinski definition) is 0. The second-order valence-electron chi connectivity index (χ2n) is 4.66. The number of rotatable bonds is 5. The van der Waals surface area contributed by atoms with Crippen molar-refractivity contribution in [1.82, 2.24) is 4.90 Å². The third-order valence-corrected chi connectivity index (χ3v) is 3.38. The van der Waals surface area contributed by atoms with Gasteiger partial charge in [-0.15, -0.1) is 0 Å². The summed E-state index contributed by atoms with van der Waals surface area (Å²) in [7, 11) is 0. The molecule has 0 aliphatic rings. The van der Waals surface area contributed by atoms with Crippen LogP contribution in [0.4, 0.5) is 18.9 Å². The van der Waals surface area contributed by atoms with Crippen molar-refractivity contribution in [1.29, 1.82) is 0 Å². The van der Waals surface area contributed by atoms with Crippen molar-refractivity contribution in [3.05, 3.63) is 38.3 Å². The predicted molar refractivity (Wildman–Crippen MR) is 72.4 cm³/mol. The SMILES string of the molecule is CC(C)N(Cc1ccc(Br)c([N+](=O)[O-])c1)CC(F)(F)F. The molecule has 112 valence electrons. The first-order valence-electron chi connectivity index (χ1n) is 5.84. The summed E-state index contributed by atoms with van der Waals surface area (Å²) in [5, 5.41) is 10.8. The van der Waals surface area contributed by atoms with E-state index in [0.29, 0.717) is 10.0 Å². The van der Waals surface area contributed by atoms with E-state index in [1.54, 1.807) is 19.9 Å². The van der Waals surface area contributed by atoms with E-state index in [-0.39, 0.29) is 18.3 Å². The predicted octanol–water partition coefficient (Wildman–Crippen LogP) is 4.13. The minimum Gasteiger partial charge on any atom is -0.288 e. The summed E-state index contributed by atoms with van der Waals surface area (Å²) in [5.41, 5.74) is 0.316. The quantitative estimate of drug-likeness (QED) is 0.589. The fraction of sp³-hybridized carbons (Fsp3) is 0.500. The molecule has 4 nitrogen and oxygen atoms in total. The van der Waals surface area contributed by atoms with Crippen molar-refractivity contribution < 1.29 is 18.1 Å². The zero-order valence-electron chi connectivity index (χ0n) is 10.9. The minimum atomic E-state index is -4.30. The van der Waals surface area contributed by atoms with Crippen LogP contribution in [0, 0.1) is 10.1 Å². The first-order valence-corrected chi connectivity index (χ1v) is 6.63. The number of nitro groups is 1. The third-order valence-electron chi connectivity index (χ3n) is 2.71. The van der Waals surface area contributed by atoms with Crippen molar-refractivity contribution in [2.45, 2.75) is 32.6 Å². The summed E-state index contributed by atoms with van der Waals surface area (Å²) < 4.78 is 37.8. The molecule has 1 aromatic rings. The van der Waals surface area contributed by atoms with Gasteiger partial charge < -0.3 is 0 Å². The lowest BCUT2D eigenvalue weighted by atomic mass is 10.1. The standard InChI is InChI=1S/C12H14BrF3N2O2/c1-8(2)17(7-12(14,15)16)6-9-3-4-10(13)11(5-9)18(19)20/h3-5,8H,6-7H2,1-2H3. The Morgan fingerprint density at radius 1 is 1.40 bits per heavy atom. The number of hydrogen-bond acceptors (Lipinski definition) is 3. The van der Waals surface area contributed by atoms with Gasteiger partial charge in [-0.3, -0.25) is 15.0 Å². The molecule has 0 fully saturated rings. The van der Waals surface area contributed by atoms with Gasteiger partial charge in [-0.25, -0.2) is 0 Å². The molecule has 0 bridgehead atoms. The summed E-state index contributed by atoms with van der Waals surface area (Å²) >= 11 is 3.04. The molecular formula is C12H14BrF3N2O2. The lowest BCUT2D eigenvalue weighted by molar-refractivity contribution is -0.385. The minimum absolute atomic E-state index is 0.00525. The summed E-state index contributed by atoms with van der Waals surface area (Å²) in [6.07, 6.45) is -4.30. The highest BCUT2D eigenvalue weighted by molar-refractivity contribution is 9.10. The van der Waals surface area contributed by atoms with E-state index in [0.717, 1.165) is 0 Å². The van der Waals surface area contributed by atoms with E-state index in [1.165, 1.54) is 17.0 Å². The smallest absolute Gasteiger partial charge is 0.288 e. The first kappa shape index (κ1) is 16.9. The molecule has 0 aliphatic carbocycles. The summed E-state index contributed by atoms with van der Waals surface area (Å²) in [4.78, 5) is 11.4. The molecule has 0 aliphatic heterocycles. The van der Waals surface area contributed by atoms with Crippen LogP contribution in [-0.4, -0.2) is 28.6 Å². The van der Waals surface area contributed by atoms with E-state index in [4.69, 9.17) is 0 Å². The Labute approximate surface area is 122 Å². The zero-order chi connectivity index (χ0) is 15.5. The van der Waals surface area contributed by atoms with Crippen LogP contribution < -0.4 is 0 Å². The number of halogens is 4. The lowest BCUT2D eigenvalue weighted by Gasteiger charge is -2.27. The summed E-state index contributed by atoms with van der Waals surface area (Å²) in [5.74, 6) is 0. The van der Waals surface area contributed by atoms with Crippen LogP contribution in [0.2, 0.25) is 0 Å². The van der Waals surface area contributed by atoms with Gasteiger partial charge >= 0.3 is 6.18 Å². The molecule has 0 spiro atoms. The largest absolute Gasteiger partial charge is 0.401 e. The molecule has 0 saturated carbocycles. The molecule has 1 aromatic carbocycles. The number of nitrogens with zero attached hydrogens (tertiary/aromatic N) is 2. The second kappa shape index (κ2) is 6.53. The van der Waals surface area contributed by atoms with Crippen LogP contribution in [0.1, 0.15) is 19.4 Å². The highest BCUT2D eigenvalue weighted by atomic mass is 79.9. The van der Waals surface area contributed by atoms with E-state index in [9.17, 15) is 23.3 Å². The van der Waals surface area contributed by atoms with Gasteiger partial charge in [0.1, 0.15) is 0 Å². The number of nitro benzene ring substituents is 1. The third kappa shape index (κ3) is 5.09. The molecular weight excluding hydrogens is 341 g/mol. The molecule has 0 unspecified atom stereocenters. The monoisotopic (exact) mass is 354 g/mol. The topological polar surface area (TPSA) is 46.4 Å². The second-order valence-corrected chi connectivity index (χ2v) is 5.51. The first-order chi connectivity index (χ1) is 9.10. The normalized spacial score (nSPS) is 12.2. The molecule has 20 heavy (non-hydrogen) atoms. The zero-order valence-corrected chi connectivity index (χ0v) is 12.5. The van der Waals surface area contributed by atoms with Gasteiger partial charge in [0.25, 0.3) is 5.69 Å². The molecule has 0 saturated heterocycles. The van der Waals surface area contributed by atoms with Gasteiger partial charge in [0.05, 0.1) is 15.9 Å². The van der Waals surface area contributed by atoms with Gasteiger partial charge in [-0.1, -0.05) is 6.07 Å². The van der Waals surface area contributed by atoms with Gasteiger partial charge in [-0.05, 0) is 41.4 Å². The van der Waals surface area contributed by atoms with Crippen LogP contribution in [0.15, 0.2) is 22.7 Å². The van der Waals surface area contributed by atoms with Crippen LogP contribution >= 0.6 is 15.9 Å². The van der Waals surface area contributed by atoms with Crippen LogP contribution in [0.3, 0.4) is 0 Å². The fourth-order valence-corrected chi connectivity index (χ4v) is 2.07. The Bertz CT molecular complexity index is 492. The van der Waals surface area contributed by atoms with E-state index < -0.39 is 17.6 Å². The van der Waals surface area contributed by atoms with E-state index >= 15 is 0 Å². The maximum absolute atomic E-state index is 12.5. The molecule has 0 radical (unpaired) electrons. The average Bonchev–Trinajstić information content (AvgIpc) is 2.28. The van der Waals surface area contributed by atoms with Crippen molar-refractivity contribution in [3.63, 3.8) is 0 Å². The molecule has 0 amide bonds. The van der Waals surface area contributed by atoms with Crippen molar-refractivity contribution in [3.8, 4) is 0 Å². The fourth-order valence-electron chi connectivity index (χ4n) is 1.68. The van der Waals surface area contributed by atoms with Crippen LogP contribution in [0.25, 0.3) is 0 Å². The summed E-state index contributed by atoms with van der Waals surface area (Å²) in [6, 6.07) is 4.01. The maximum atomic E-state index is 12.5. The Kier molecular flexibility index (Phi) is 5.52. The van der Waals surface area contributed by atoms with Crippen molar-refractivity contribution in [2.75, 3.05) is 6.54 Å². The molecule has 0 heterocycles. The Morgan fingerprint density at radius 2 is 2.00 bits per heavy atom. The average molecular weight is 355 g/mol. The highest BCUT2D eigenvalue weighted by Gasteiger charge is 2.31. The molecule has 8 heteroatoms. The van der Waals surface area contributed by atoms with Gasteiger partial charge in [0.2, 0.25) is 0 Å². The van der Waals surface area contributed by atoms with E-state index in [1.807, 2.05) is 0 Å². The van der Waals surface area contributed by atoms with E-state index in [2.05, 4.69) is 15.9 Å². The van der Waals surface area contributed by atoms with Gasteiger partial charge in [0, 0.05) is 18.7 Å². The maximum Gasteiger partial charge on any atom is 0.401 e. The highest BCUT2D eigenvalue weighted by Crippen LogP contribution is 2.27. The van der Waals surface area contributed by atoms with Crippen LogP contribution in [-0.2, 0) is 6.54 Å². The van der Waals surface area contributed by atoms with Crippen molar-refractivity contribution in [2.24, 2.45) is 0 Å². The molecule has 0 N–H and O–H groups in total. The molecule has 1 rings (SSSR count). The molecule has 0 atom stereocenters. The number of benzene rings is 1. The summed E-state index contributed by atoms with van der Waals surface area (Å²) in [6.45, 7) is 2.26. The lowest BCUT2D eigenvalue weighted by Crippen LogP contribution is -2.38. The number of alkyl halides is 3. The van der Waals surface area contributed by atoms with Crippen LogP contribution in [0.5, 0.6) is 0 Å².